The van der Waals surface area contributed by atoms with Gasteiger partial charge in [0.2, 0.25) is 5.75 Å². The molecule has 10 nitrogen and oxygen atoms in total. The molecule has 0 saturated heterocycles. The average Bonchev–Trinajstić information content (AvgIpc) is 3.09. The molecule has 0 bridgehead atoms. The first-order valence-electron chi connectivity index (χ1n) is 14.4. The van der Waals surface area contributed by atoms with Crippen LogP contribution in [0.1, 0.15) is 39.5 Å². The summed E-state index contributed by atoms with van der Waals surface area (Å²) in [6.45, 7) is 14.1. The molecule has 51 heavy (non-hydrogen) atoms. The minimum absolute atomic E-state index is 0.00673. The first-order valence-corrected chi connectivity index (χ1v) is 14.4. The topological polar surface area (TPSA) is 132 Å². The molecule has 260 valence electrons. The van der Waals surface area contributed by atoms with E-state index in [1.54, 1.807) is 12.1 Å². The molecule has 3 aromatic rings. The van der Waals surface area contributed by atoms with Crippen LogP contribution in [-0.4, -0.2) is 36.5 Å². The second-order valence-electron chi connectivity index (χ2n) is 9.90. The predicted molar refractivity (Wildman–Crippen MR) is 178 cm³/mol. The van der Waals surface area contributed by atoms with Crippen LogP contribution >= 0.6 is 0 Å². The van der Waals surface area contributed by atoms with E-state index in [0.717, 1.165) is 18.2 Å². The lowest BCUT2D eigenvalue weighted by molar-refractivity contribution is -0.141. The van der Waals surface area contributed by atoms with Crippen molar-refractivity contribution in [1.29, 1.82) is 0 Å². The number of esters is 5. The van der Waals surface area contributed by atoms with Gasteiger partial charge in [-0.1, -0.05) is 56.4 Å². The number of benzene rings is 3. The normalized spacial score (nSPS) is 10.5. The quantitative estimate of drug-likeness (QED) is 0.0659. The first kappa shape index (κ1) is 38.5. The van der Waals surface area contributed by atoms with Crippen LogP contribution in [0.2, 0.25) is 0 Å². The van der Waals surface area contributed by atoms with Crippen LogP contribution in [-0.2, 0) is 30.1 Å². The number of hydrogen-bond acceptors (Lipinski definition) is 10. The highest BCUT2D eigenvalue weighted by atomic mass is 19.4. The van der Waals surface area contributed by atoms with Crippen LogP contribution in [0.4, 0.5) is 13.2 Å². The molecule has 0 N–H and O–H groups in total. The molecule has 0 spiro atoms. The van der Waals surface area contributed by atoms with E-state index in [-0.39, 0.29) is 22.4 Å². The minimum atomic E-state index is -5.20. The number of halogens is 3. The van der Waals surface area contributed by atoms with Gasteiger partial charge >= 0.3 is 36.0 Å². The fourth-order valence-corrected chi connectivity index (χ4v) is 3.78. The van der Waals surface area contributed by atoms with Gasteiger partial charge in [-0.3, -0.25) is 0 Å². The number of alkyl halides is 3. The van der Waals surface area contributed by atoms with Gasteiger partial charge in [-0.15, -0.1) is 0 Å². The summed E-state index contributed by atoms with van der Waals surface area (Å²) < 4.78 is 69.5. The monoisotopic (exact) mass is 700 g/mol. The molecule has 0 fully saturated rings. The van der Waals surface area contributed by atoms with Crippen LogP contribution in [0.15, 0.2) is 111 Å². The summed E-state index contributed by atoms with van der Waals surface area (Å²) in [5.74, 6) is -2.38. The van der Waals surface area contributed by atoms with Gasteiger partial charge in [0.05, 0.1) is 5.56 Å². The van der Waals surface area contributed by atoms with Gasteiger partial charge in [-0.25, -0.2) is 24.0 Å². The van der Waals surface area contributed by atoms with E-state index in [1.807, 2.05) is 0 Å². The van der Waals surface area contributed by atoms with Gasteiger partial charge in [0.25, 0.3) is 0 Å². The summed E-state index contributed by atoms with van der Waals surface area (Å²) in [5.41, 5.74) is -1.67. The summed E-state index contributed by atoms with van der Waals surface area (Å²) in [5, 5.41) is 0. The summed E-state index contributed by atoms with van der Waals surface area (Å²) in [6.07, 6.45) is 0.0812. The highest BCUT2D eigenvalue weighted by molar-refractivity contribution is 6.01. The Hall–Kier alpha value is -6.94. The molecule has 0 atom stereocenters. The van der Waals surface area contributed by atoms with Crippen LogP contribution in [0.5, 0.6) is 23.0 Å². The van der Waals surface area contributed by atoms with E-state index in [2.05, 4.69) is 42.9 Å². The third-order valence-electron chi connectivity index (χ3n) is 6.13. The molecular formula is C38H27F3O10. The highest BCUT2D eigenvalue weighted by Crippen LogP contribution is 2.49. The minimum Gasteiger partial charge on any atom is -0.482 e. The fraction of sp³-hybridized carbons (Fsp3) is 0.0789. The second kappa shape index (κ2) is 17.5. The molecule has 0 heterocycles. The fourth-order valence-electron chi connectivity index (χ4n) is 3.78. The van der Waals surface area contributed by atoms with Crippen molar-refractivity contribution in [2.45, 2.75) is 13.1 Å². The van der Waals surface area contributed by atoms with E-state index in [4.69, 9.17) is 18.9 Å². The van der Waals surface area contributed by atoms with Crippen molar-refractivity contribution in [1.82, 2.24) is 0 Å². The Morgan fingerprint density at radius 3 is 1.94 bits per heavy atom. The van der Waals surface area contributed by atoms with Crippen LogP contribution in [0.25, 0.3) is 6.08 Å². The predicted octanol–water partition coefficient (Wildman–Crippen LogP) is 6.73. The zero-order chi connectivity index (χ0) is 37.7. The molecule has 0 aliphatic heterocycles. The maximum Gasteiger partial charge on any atom is 0.421 e. The van der Waals surface area contributed by atoms with Gasteiger partial charge in [0.15, 0.2) is 11.5 Å². The summed E-state index contributed by atoms with van der Waals surface area (Å²) in [4.78, 5) is 59.7. The maximum absolute atomic E-state index is 14.7. The van der Waals surface area contributed by atoms with Crippen LogP contribution in [0.3, 0.4) is 0 Å². The van der Waals surface area contributed by atoms with Gasteiger partial charge in [-0.05, 0) is 55.0 Å². The van der Waals surface area contributed by atoms with Crippen molar-refractivity contribution < 1.29 is 60.8 Å². The molecule has 0 radical (unpaired) electrons. The summed E-state index contributed by atoms with van der Waals surface area (Å²) in [7, 11) is 0. The van der Waals surface area contributed by atoms with Crippen molar-refractivity contribution in [2.24, 2.45) is 0 Å². The van der Waals surface area contributed by atoms with Gasteiger partial charge in [0, 0.05) is 41.0 Å². The maximum atomic E-state index is 14.7. The lowest BCUT2D eigenvalue weighted by Crippen LogP contribution is -2.17. The Morgan fingerprint density at radius 2 is 1.37 bits per heavy atom. The zero-order valence-corrected chi connectivity index (χ0v) is 26.8. The second-order valence-corrected chi connectivity index (χ2v) is 9.90. The van der Waals surface area contributed by atoms with E-state index in [1.165, 1.54) is 55.5 Å². The number of carbonyl (C=O) groups excluding carboxylic acids is 5. The summed E-state index contributed by atoms with van der Waals surface area (Å²) in [6, 6.07) is 11.9. The Labute approximate surface area is 289 Å². The van der Waals surface area contributed by atoms with Crippen molar-refractivity contribution in [3.05, 3.63) is 139 Å². The summed E-state index contributed by atoms with van der Waals surface area (Å²) >= 11 is 0. The van der Waals surface area contributed by atoms with Crippen molar-refractivity contribution in [2.75, 3.05) is 6.61 Å². The smallest absolute Gasteiger partial charge is 0.421 e. The molecule has 0 unspecified atom stereocenters. The standard InChI is InChI=1S/C38H27F3O10/c1-6-30(42)48-28-19-14-24(15-20-28)10-9-21-47-34-29(49-31(43)7-2)22-27(33(38(39,40)41)35(34)50-32(44)8-3)18-13-25-11-16-26(17-12-25)37(46)51-36(45)23(4)5/h6-12,14-17,19-20,22H,1-4,21H2,5H3. The SMILES string of the molecule is C=CC(=O)Oc1ccc(C=CCOc2c(OC(=O)C=C)cc(C#Cc3ccc(C(=O)OC(=O)C(=C)C)cc3)c(C(F)(F)F)c2OC(=O)C=C)cc1. The molecule has 0 saturated carbocycles. The van der Waals surface area contributed by atoms with Gasteiger partial charge in [-0.2, -0.15) is 13.2 Å². The Morgan fingerprint density at radius 1 is 0.784 bits per heavy atom. The van der Waals surface area contributed by atoms with Crippen LogP contribution in [0, 0.1) is 11.8 Å². The van der Waals surface area contributed by atoms with Crippen molar-refractivity contribution >= 4 is 35.9 Å². The lowest BCUT2D eigenvalue weighted by atomic mass is 10.0. The van der Waals surface area contributed by atoms with Gasteiger partial charge in [0.1, 0.15) is 17.9 Å². The molecule has 0 amide bonds. The zero-order valence-electron chi connectivity index (χ0n) is 26.8. The third kappa shape index (κ3) is 11.0. The Balaban J connectivity index is 2.07. The number of rotatable bonds is 12. The van der Waals surface area contributed by atoms with E-state index < -0.39 is 71.0 Å². The van der Waals surface area contributed by atoms with Gasteiger partial charge < -0.3 is 23.7 Å². The number of ether oxygens (including phenoxy) is 5. The number of carbonyl (C=O) groups is 5. The molecule has 0 aromatic heterocycles. The molecule has 0 aliphatic rings. The van der Waals surface area contributed by atoms with E-state index in [0.29, 0.717) is 11.6 Å². The molecular weight excluding hydrogens is 673 g/mol. The van der Waals surface area contributed by atoms with E-state index in [9.17, 15) is 37.1 Å². The number of hydrogen-bond donors (Lipinski definition) is 0. The van der Waals surface area contributed by atoms with Crippen LogP contribution < -0.4 is 18.9 Å². The first-order chi connectivity index (χ1) is 24.2. The third-order valence-corrected chi connectivity index (χ3v) is 6.13. The largest absolute Gasteiger partial charge is 0.482 e. The lowest BCUT2D eigenvalue weighted by Gasteiger charge is -2.20. The average molecular weight is 701 g/mol. The molecule has 0 aliphatic carbocycles. The highest BCUT2D eigenvalue weighted by Gasteiger charge is 2.41. The Bertz CT molecular complexity index is 1990. The van der Waals surface area contributed by atoms with E-state index >= 15 is 0 Å². The Kier molecular flexibility index (Phi) is 13.2. The van der Waals surface area contributed by atoms with Crippen molar-refractivity contribution in [3.8, 4) is 34.8 Å². The molecule has 13 heteroatoms. The van der Waals surface area contributed by atoms with Crippen molar-refractivity contribution in [3.63, 3.8) is 0 Å². The molecule has 3 rings (SSSR count). The molecule has 3 aromatic carbocycles.